The minimum absolute atomic E-state index is 0.0695. The summed E-state index contributed by atoms with van der Waals surface area (Å²) in [6.45, 7) is 6.32. The molecule has 0 unspecified atom stereocenters. The first kappa shape index (κ1) is 19.7. The topological polar surface area (TPSA) is 110 Å². The lowest BCUT2D eigenvalue weighted by molar-refractivity contribution is -0.119. The fraction of sp³-hybridized carbons (Fsp3) is 0.476. The monoisotopic (exact) mass is 382 g/mol. The van der Waals surface area contributed by atoms with Crippen LogP contribution in [0.2, 0.25) is 0 Å². The Bertz CT molecular complexity index is 920. The molecule has 2 heterocycles. The van der Waals surface area contributed by atoms with Crippen molar-refractivity contribution in [3.63, 3.8) is 0 Å². The molecule has 1 aliphatic heterocycles. The molecule has 0 spiro atoms. The molecule has 1 aromatic carbocycles. The largest absolute Gasteiger partial charge is 0.490 e. The molecule has 2 aromatic rings. The number of nitriles is 1. The Kier molecular flexibility index (Phi) is 5.88. The summed E-state index contributed by atoms with van der Waals surface area (Å²) in [5, 5.41) is 13.9. The summed E-state index contributed by atoms with van der Waals surface area (Å²) >= 11 is 0. The van der Waals surface area contributed by atoms with E-state index < -0.39 is 0 Å². The normalized spacial score (nSPS) is 18.9. The number of hydrogen-bond acceptors (Lipinski definition) is 6. The van der Waals surface area contributed by atoms with Crippen LogP contribution in [0, 0.1) is 17.2 Å². The van der Waals surface area contributed by atoms with Gasteiger partial charge in [-0.1, -0.05) is 13.3 Å². The highest BCUT2D eigenvalue weighted by molar-refractivity contribution is 5.97. The van der Waals surface area contributed by atoms with Crippen molar-refractivity contribution in [2.45, 2.75) is 52.2 Å². The highest BCUT2D eigenvalue weighted by Crippen LogP contribution is 2.34. The van der Waals surface area contributed by atoms with E-state index in [-0.39, 0.29) is 18.1 Å². The molecule has 148 valence electrons. The van der Waals surface area contributed by atoms with Gasteiger partial charge in [-0.3, -0.25) is 4.79 Å². The number of nitrogens with two attached hydrogens (primary N) is 1. The quantitative estimate of drug-likeness (QED) is 0.761. The van der Waals surface area contributed by atoms with Crippen LogP contribution < -0.4 is 20.5 Å². The summed E-state index contributed by atoms with van der Waals surface area (Å²) in [7, 11) is 0. The van der Waals surface area contributed by atoms with Crippen LogP contribution >= 0.6 is 0 Å². The third-order valence-electron chi connectivity index (χ3n) is 5.02. The van der Waals surface area contributed by atoms with Crippen molar-refractivity contribution in [1.29, 1.82) is 5.26 Å². The fourth-order valence-corrected chi connectivity index (χ4v) is 3.60. The van der Waals surface area contributed by atoms with Crippen LogP contribution in [0.1, 0.15) is 45.6 Å². The maximum Gasteiger partial charge on any atom is 0.221 e. The number of nitrogens with zero attached hydrogens (tertiary/aromatic N) is 2. The number of carbonyl (C=O) groups is 1. The molecule has 0 aliphatic carbocycles. The van der Waals surface area contributed by atoms with Gasteiger partial charge in [0.15, 0.2) is 0 Å². The van der Waals surface area contributed by atoms with Crippen LogP contribution in [-0.2, 0) is 4.79 Å². The maximum atomic E-state index is 11.6. The second kappa shape index (κ2) is 8.34. The Balaban J connectivity index is 1.83. The van der Waals surface area contributed by atoms with Crippen molar-refractivity contribution in [2.75, 3.05) is 12.3 Å². The molecule has 1 amide bonds. The van der Waals surface area contributed by atoms with Gasteiger partial charge < -0.3 is 20.5 Å². The van der Waals surface area contributed by atoms with Gasteiger partial charge in [0.2, 0.25) is 11.8 Å². The molecule has 28 heavy (non-hydrogen) atoms. The van der Waals surface area contributed by atoms with Crippen molar-refractivity contribution >= 4 is 22.4 Å². The van der Waals surface area contributed by atoms with E-state index in [0.29, 0.717) is 59.0 Å². The molecule has 3 N–H and O–H groups in total. The van der Waals surface area contributed by atoms with Crippen LogP contribution in [0.3, 0.4) is 0 Å². The van der Waals surface area contributed by atoms with Crippen molar-refractivity contribution in [2.24, 2.45) is 5.92 Å². The third kappa shape index (κ3) is 4.11. The zero-order valence-corrected chi connectivity index (χ0v) is 16.5. The van der Waals surface area contributed by atoms with Gasteiger partial charge in [0.05, 0.1) is 30.2 Å². The van der Waals surface area contributed by atoms with E-state index in [1.54, 1.807) is 12.1 Å². The lowest BCUT2D eigenvalue weighted by Crippen LogP contribution is -2.30. The Morgan fingerprint density at radius 1 is 1.39 bits per heavy atom. The zero-order chi connectivity index (χ0) is 20.3. The highest BCUT2D eigenvalue weighted by Gasteiger charge is 2.30. The maximum absolute atomic E-state index is 11.6. The van der Waals surface area contributed by atoms with Crippen LogP contribution in [0.25, 0.3) is 10.8 Å². The summed E-state index contributed by atoms with van der Waals surface area (Å²) < 4.78 is 11.7. The van der Waals surface area contributed by atoms with Crippen LogP contribution in [-0.4, -0.2) is 29.6 Å². The lowest BCUT2D eigenvalue weighted by atomic mass is 9.96. The molecule has 7 nitrogen and oxygen atoms in total. The first-order chi connectivity index (χ1) is 13.4. The van der Waals surface area contributed by atoms with E-state index >= 15 is 0 Å². The van der Waals surface area contributed by atoms with E-state index in [1.165, 1.54) is 6.20 Å². The van der Waals surface area contributed by atoms with Gasteiger partial charge in [-0.15, -0.1) is 0 Å². The van der Waals surface area contributed by atoms with Crippen LogP contribution in [0.5, 0.6) is 11.6 Å². The average Bonchev–Trinajstić information content (AvgIpc) is 3.02. The van der Waals surface area contributed by atoms with E-state index in [0.717, 1.165) is 6.42 Å². The lowest BCUT2D eigenvalue weighted by Gasteiger charge is -2.18. The van der Waals surface area contributed by atoms with E-state index in [2.05, 4.69) is 23.3 Å². The average molecular weight is 382 g/mol. The Morgan fingerprint density at radius 2 is 2.18 bits per heavy atom. The molecular weight excluding hydrogens is 356 g/mol. The number of ether oxygens (including phenoxy) is 2. The van der Waals surface area contributed by atoms with Crippen molar-refractivity contribution in [3.8, 4) is 17.7 Å². The summed E-state index contributed by atoms with van der Waals surface area (Å²) in [6.07, 6.45) is 3.72. The molecule has 2 atom stereocenters. The fourth-order valence-electron chi connectivity index (χ4n) is 3.60. The summed E-state index contributed by atoms with van der Waals surface area (Å²) in [5.41, 5.74) is 6.96. The van der Waals surface area contributed by atoms with Gasteiger partial charge in [-0.2, -0.15) is 5.26 Å². The Labute approximate surface area is 164 Å². The zero-order valence-electron chi connectivity index (χ0n) is 16.5. The molecule has 0 saturated carbocycles. The number of aromatic nitrogens is 1. The number of carbonyl (C=O) groups excluding carboxylic acids is 1. The molecule has 0 bridgehead atoms. The number of nitrogens with one attached hydrogen (secondary N) is 1. The molecule has 3 rings (SSSR count). The van der Waals surface area contributed by atoms with Crippen molar-refractivity contribution in [3.05, 3.63) is 23.9 Å². The van der Waals surface area contributed by atoms with E-state index in [4.69, 9.17) is 15.2 Å². The number of anilines is 1. The number of rotatable bonds is 7. The first-order valence-corrected chi connectivity index (χ1v) is 9.64. The smallest absolute Gasteiger partial charge is 0.221 e. The first-order valence-electron chi connectivity index (χ1n) is 9.64. The van der Waals surface area contributed by atoms with Crippen molar-refractivity contribution < 1.29 is 14.3 Å². The standard InChI is InChI=1S/C21H26N4O3/c1-4-13-8-20(26)25-18(13)5-6-27-21-16-9-19(28-12(2)3)14(10-22)7-15(16)17(23)11-24-21/h7,9,11-13,18H,4-6,8,23H2,1-3H3,(H,25,26)/t13-,18-/m1/s1. The van der Waals surface area contributed by atoms with Crippen molar-refractivity contribution in [1.82, 2.24) is 10.3 Å². The van der Waals surface area contributed by atoms with Gasteiger partial charge in [0.25, 0.3) is 0 Å². The minimum atomic E-state index is -0.0695. The number of pyridine rings is 1. The van der Waals surface area contributed by atoms with Gasteiger partial charge in [-0.05, 0) is 31.9 Å². The van der Waals surface area contributed by atoms with Gasteiger partial charge in [0, 0.05) is 29.7 Å². The number of fused-ring (bicyclic) bond motifs is 1. The Hall–Kier alpha value is -3.01. The minimum Gasteiger partial charge on any atom is -0.490 e. The molecule has 1 saturated heterocycles. The molecule has 0 radical (unpaired) electrons. The summed E-state index contributed by atoms with van der Waals surface area (Å²) in [5.74, 6) is 1.37. The highest BCUT2D eigenvalue weighted by atomic mass is 16.5. The SMILES string of the molecule is CC[C@@H]1CC(=O)N[C@@H]1CCOc1ncc(N)c2cc(C#N)c(OC(C)C)cc12. The molecule has 7 heteroatoms. The summed E-state index contributed by atoms with van der Waals surface area (Å²) in [4.78, 5) is 16.0. The van der Waals surface area contributed by atoms with Crippen LogP contribution in [0.15, 0.2) is 18.3 Å². The molecular formula is C21H26N4O3. The molecule has 1 fully saturated rings. The van der Waals surface area contributed by atoms with Gasteiger partial charge in [0.1, 0.15) is 11.8 Å². The predicted octanol–water partition coefficient (Wildman–Crippen LogP) is 3.16. The Morgan fingerprint density at radius 3 is 2.86 bits per heavy atom. The second-order valence-electron chi connectivity index (χ2n) is 7.37. The van der Waals surface area contributed by atoms with Gasteiger partial charge >= 0.3 is 0 Å². The summed E-state index contributed by atoms with van der Waals surface area (Å²) in [6, 6.07) is 5.75. The molecule has 1 aromatic heterocycles. The van der Waals surface area contributed by atoms with E-state index in [9.17, 15) is 10.1 Å². The van der Waals surface area contributed by atoms with E-state index in [1.807, 2.05) is 13.8 Å². The molecule has 1 aliphatic rings. The van der Waals surface area contributed by atoms with Crippen LogP contribution in [0.4, 0.5) is 5.69 Å². The third-order valence-corrected chi connectivity index (χ3v) is 5.02. The number of benzene rings is 1. The second-order valence-corrected chi connectivity index (χ2v) is 7.37. The number of nitrogen functional groups attached to an aromatic ring is 1. The number of hydrogen-bond donors (Lipinski definition) is 2. The van der Waals surface area contributed by atoms with Gasteiger partial charge in [-0.25, -0.2) is 4.98 Å². The predicted molar refractivity (Wildman–Crippen MR) is 107 cm³/mol. The number of amides is 1.